The van der Waals surface area contributed by atoms with Crippen molar-refractivity contribution in [3.63, 3.8) is 0 Å². The molecule has 0 aromatic rings. The van der Waals surface area contributed by atoms with E-state index in [1.165, 1.54) is 27.7 Å². The molecule has 0 unspecified atom stereocenters. The monoisotopic (exact) mass is 300 g/mol. The molecule has 0 aliphatic heterocycles. The van der Waals surface area contributed by atoms with Crippen molar-refractivity contribution in [1.29, 1.82) is 0 Å². The summed E-state index contributed by atoms with van der Waals surface area (Å²) in [5, 5.41) is 7.28. The van der Waals surface area contributed by atoms with Gasteiger partial charge in [-0.3, -0.25) is 0 Å². The van der Waals surface area contributed by atoms with Crippen LogP contribution in [0.25, 0.3) is 0 Å². The number of rotatable bonds is 6. The van der Waals surface area contributed by atoms with Crippen molar-refractivity contribution >= 4 is 20.2 Å². The van der Waals surface area contributed by atoms with E-state index < -0.39 is 42.8 Å². The SMILES string of the molecule is CC(C)(CS(=O)(=O)[O-])N=NC(C)(C)CS(=O)(=O)[O-]. The van der Waals surface area contributed by atoms with Gasteiger partial charge in [0, 0.05) is 0 Å². The van der Waals surface area contributed by atoms with Gasteiger partial charge in [-0.2, -0.15) is 10.2 Å². The molecule has 0 fully saturated rings. The summed E-state index contributed by atoms with van der Waals surface area (Å²) in [5.74, 6) is -1.52. The standard InChI is InChI=1S/C8H18N2O6S2/c1-7(2,5-17(11,12)13)9-10-8(3,4)6-18(14,15)16/h5-6H2,1-4H3,(H,11,12,13)(H,14,15,16)/p-2. The zero-order chi connectivity index (χ0) is 14.8. The second kappa shape index (κ2) is 5.19. The highest BCUT2D eigenvalue weighted by Crippen LogP contribution is 2.18. The third-order valence-corrected chi connectivity index (χ3v) is 3.77. The van der Waals surface area contributed by atoms with E-state index in [9.17, 15) is 25.9 Å². The van der Waals surface area contributed by atoms with Gasteiger partial charge in [0.2, 0.25) is 0 Å². The van der Waals surface area contributed by atoms with Crippen molar-refractivity contribution in [2.75, 3.05) is 11.5 Å². The highest BCUT2D eigenvalue weighted by Gasteiger charge is 2.25. The molecule has 0 aromatic carbocycles. The first-order valence-corrected chi connectivity index (χ1v) is 8.09. The van der Waals surface area contributed by atoms with Crippen molar-refractivity contribution < 1.29 is 25.9 Å². The van der Waals surface area contributed by atoms with Crippen molar-refractivity contribution in [2.45, 2.75) is 38.8 Å². The molecule has 108 valence electrons. The molecule has 0 aromatic heterocycles. The van der Waals surface area contributed by atoms with Crippen LogP contribution in [0.3, 0.4) is 0 Å². The van der Waals surface area contributed by atoms with E-state index in [2.05, 4.69) is 10.2 Å². The number of azo groups is 1. The van der Waals surface area contributed by atoms with Gasteiger partial charge in [-0.15, -0.1) is 0 Å². The molecule has 0 radical (unpaired) electrons. The Morgan fingerprint density at radius 1 is 0.778 bits per heavy atom. The summed E-state index contributed by atoms with van der Waals surface area (Å²) in [6, 6.07) is 0. The highest BCUT2D eigenvalue weighted by molar-refractivity contribution is 7.86. The van der Waals surface area contributed by atoms with Crippen LogP contribution in [0, 0.1) is 0 Å². The topological polar surface area (TPSA) is 139 Å². The average molecular weight is 300 g/mol. The summed E-state index contributed by atoms with van der Waals surface area (Å²) in [6.45, 7) is 5.48. The van der Waals surface area contributed by atoms with Crippen molar-refractivity contribution in [2.24, 2.45) is 10.2 Å². The molecule has 0 atom stereocenters. The Labute approximate surface area is 107 Å². The van der Waals surface area contributed by atoms with Gasteiger partial charge in [0.05, 0.1) is 42.8 Å². The number of hydrogen-bond donors (Lipinski definition) is 0. The molecule has 0 saturated heterocycles. The Morgan fingerprint density at radius 2 is 1.00 bits per heavy atom. The predicted octanol–water partition coefficient (Wildman–Crippen LogP) is 0.0862. The third kappa shape index (κ3) is 9.45. The van der Waals surface area contributed by atoms with E-state index in [0.29, 0.717) is 0 Å². The van der Waals surface area contributed by atoms with E-state index >= 15 is 0 Å². The Hall–Kier alpha value is -0.580. The van der Waals surface area contributed by atoms with E-state index in [1.807, 2.05) is 0 Å². The lowest BCUT2D eigenvalue weighted by Gasteiger charge is -2.24. The molecule has 0 rings (SSSR count). The molecule has 0 amide bonds. The van der Waals surface area contributed by atoms with Crippen LogP contribution in [-0.2, 0) is 20.2 Å². The fraction of sp³-hybridized carbons (Fsp3) is 1.00. The Morgan fingerprint density at radius 3 is 1.17 bits per heavy atom. The Kier molecular flexibility index (Phi) is 5.03. The predicted molar refractivity (Wildman–Crippen MR) is 62.1 cm³/mol. The zero-order valence-corrected chi connectivity index (χ0v) is 12.2. The number of nitrogens with zero attached hydrogens (tertiary/aromatic N) is 2. The minimum absolute atomic E-state index is 0.760. The van der Waals surface area contributed by atoms with Gasteiger partial charge in [0.25, 0.3) is 0 Å². The molecule has 0 N–H and O–H groups in total. The quantitative estimate of drug-likeness (QED) is 0.503. The number of hydrogen-bond acceptors (Lipinski definition) is 8. The lowest BCUT2D eigenvalue weighted by Crippen LogP contribution is -2.32. The van der Waals surface area contributed by atoms with E-state index in [1.54, 1.807) is 0 Å². The molecule has 0 saturated carbocycles. The van der Waals surface area contributed by atoms with Crippen LogP contribution in [-0.4, -0.2) is 48.5 Å². The molecule has 10 heteroatoms. The van der Waals surface area contributed by atoms with Crippen molar-refractivity contribution in [3.05, 3.63) is 0 Å². The van der Waals surface area contributed by atoms with Crippen molar-refractivity contribution in [1.82, 2.24) is 0 Å². The summed E-state index contributed by atoms with van der Waals surface area (Å²) in [6.07, 6.45) is 0. The van der Waals surface area contributed by atoms with Crippen LogP contribution in [0.4, 0.5) is 0 Å². The molecular formula is C8H16N2O6S2-2. The Balaban J connectivity index is 4.93. The average Bonchev–Trinajstić information content (AvgIpc) is 1.91. The molecule has 0 spiro atoms. The van der Waals surface area contributed by atoms with Crippen LogP contribution in [0.15, 0.2) is 10.2 Å². The maximum atomic E-state index is 10.6. The summed E-state index contributed by atoms with van der Waals surface area (Å²) in [5.41, 5.74) is -2.55. The van der Waals surface area contributed by atoms with Gasteiger partial charge in [-0.1, -0.05) is 0 Å². The molecule has 0 aliphatic carbocycles. The molecule has 0 aliphatic rings. The minimum atomic E-state index is -4.47. The van der Waals surface area contributed by atoms with E-state index in [0.717, 1.165) is 0 Å². The maximum Gasteiger partial charge on any atom is 0.0970 e. The van der Waals surface area contributed by atoms with Crippen LogP contribution in [0.1, 0.15) is 27.7 Å². The van der Waals surface area contributed by atoms with E-state index in [4.69, 9.17) is 0 Å². The normalized spacial score (nSPS) is 15.2. The van der Waals surface area contributed by atoms with Gasteiger partial charge in [0.15, 0.2) is 0 Å². The third-order valence-electron chi connectivity index (χ3n) is 1.65. The smallest absolute Gasteiger partial charge is 0.0970 e. The van der Waals surface area contributed by atoms with Crippen LogP contribution < -0.4 is 0 Å². The van der Waals surface area contributed by atoms with Gasteiger partial charge in [-0.25, -0.2) is 16.8 Å². The first kappa shape index (κ1) is 17.4. The van der Waals surface area contributed by atoms with E-state index in [-0.39, 0.29) is 0 Å². The lowest BCUT2D eigenvalue weighted by molar-refractivity contribution is 0.412. The first-order chi connectivity index (χ1) is 7.62. The second-order valence-corrected chi connectivity index (χ2v) is 8.04. The lowest BCUT2D eigenvalue weighted by atomic mass is 10.1. The molecule has 18 heavy (non-hydrogen) atoms. The van der Waals surface area contributed by atoms with Gasteiger partial charge >= 0.3 is 0 Å². The van der Waals surface area contributed by atoms with Crippen LogP contribution >= 0.6 is 0 Å². The van der Waals surface area contributed by atoms with Gasteiger partial charge < -0.3 is 9.11 Å². The summed E-state index contributed by atoms with van der Waals surface area (Å²) < 4.78 is 63.6. The minimum Gasteiger partial charge on any atom is -0.748 e. The fourth-order valence-electron chi connectivity index (χ4n) is 1.19. The molecular weight excluding hydrogens is 284 g/mol. The maximum absolute atomic E-state index is 10.6. The second-order valence-electron chi connectivity index (χ2n) is 5.23. The fourth-order valence-corrected chi connectivity index (χ4v) is 3.04. The molecule has 0 heterocycles. The van der Waals surface area contributed by atoms with Crippen LogP contribution in [0.2, 0.25) is 0 Å². The van der Waals surface area contributed by atoms with Crippen molar-refractivity contribution in [3.8, 4) is 0 Å². The summed E-state index contributed by atoms with van der Waals surface area (Å²) >= 11 is 0. The molecule has 8 nitrogen and oxygen atoms in total. The Bertz CT molecular complexity index is 470. The summed E-state index contributed by atoms with van der Waals surface area (Å²) in [4.78, 5) is 0. The van der Waals surface area contributed by atoms with Gasteiger partial charge in [0.1, 0.15) is 0 Å². The highest BCUT2D eigenvalue weighted by atomic mass is 32.2. The zero-order valence-electron chi connectivity index (χ0n) is 10.6. The first-order valence-electron chi connectivity index (χ1n) is 4.93. The largest absolute Gasteiger partial charge is 0.748 e. The van der Waals surface area contributed by atoms with Gasteiger partial charge in [-0.05, 0) is 27.7 Å². The van der Waals surface area contributed by atoms with Crippen LogP contribution in [0.5, 0.6) is 0 Å². The molecule has 0 bridgehead atoms. The summed E-state index contributed by atoms with van der Waals surface area (Å²) in [7, 11) is -8.94.